The van der Waals surface area contributed by atoms with Crippen LogP contribution in [0, 0.1) is 10.1 Å². The number of nitro groups is 1. The van der Waals surface area contributed by atoms with Crippen LogP contribution in [-0.2, 0) is 11.3 Å². The molecule has 0 aliphatic heterocycles. The van der Waals surface area contributed by atoms with Crippen molar-refractivity contribution in [3.05, 3.63) is 69.3 Å². The Morgan fingerprint density at radius 2 is 1.79 bits per heavy atom. The first-order chi connectivity index (χ1) is 11.4. The van der Waals surface area contributed by atoms with Crippen molar-refractivity contribution in [3.63, 3.8) is 0 Å². The first-order valence-corrected chi connectivity index (χ1v) is 7.02. The molecular formula is C17H15NO6. The van der Waals surface area contributed by atoms with E-state index >= 15 is 0 Å². The molecular weight excluding hydrogens is 314 g/mol. The minimum Gasteiger partial charge on any atom is -0.488 e. The maximum atomic E-state index is 11.9. The minimum absolute atomic E-state index is 0.0117. The normalized spacial score (nSPS) is 10.1. The number of carbonyl (C=O) groups excluding carboxylic acids is 2. The summed E-state index contributed by atoms with van der Waals surface area (Å²) in [4.78, 5) is 34.0. The molecule has 7 heteroatoms. The molecule has 0 heterocycles. The zero-order valence-electron chi connectivity index (χ0n) is 13.1. The molecule has 2 aromatic carbocycles. The van der Waals surface area contributed by atoms with Crippen molar-refractivity contribution in [2.45, 2.75) is 13.5 Å². The van der Waals surface area contributed by atoms with Crippen molar-refractivity contribution in [3.8, 4) is 5.75 Å². The largest absolute Gasteiger partial charge is 0.488 e. The number of carbonyl (C=O) groups is 2. The molecule has 0 fully saturated rings. The monoisotopic (exact) mass is 329 g/mol. The van der Waals surface area contributed by atoms with E-state index in [-0.39, 0.29) is 23.5 Å². The van der Waals surface area contributed by atoms with Crippen molar-refractivity contribution < 1.29 is 24.0 Å². The number of rotatable bonds is 6. The van der Waals surface area contributed by atoms with Crippen molar-refractivity contribution in [2.75, 3.05) is 7.11 Å². The number of hydrogen-bond acceptors (Lipinski definition) is 6. The fourth-order valence-electron chi connectivity index (χ4n) is 2.13. The number of ether oxygens (including phenoxy) is 2. The van der Waals surface area contributed by atoms with Crippen LogP contribution in [-0.4, -0.2) is 23.8 Å². The third-order valence-electron chi connectivity index (χ3n) is 3.32. The van der Waals surface area contributed by atoms with E-state index in [0.717, 1.165) is 17.7 Å². The van der Waals surface area contributed by atoms with E-state index in [9.17, 15) is 19.7 Å². The highest BCUT2D eigenvalue weighted by molar-refractivity contribution is 6.02. The van der Waals surface area contributed by atoms with Crippen LogP contribution >= 0.6 is 0 Å². The first-order valence-electron chi connectivity index (χ1n) is 7.02. The summed E-state index contributed by atoms with van der Waals surface area (Å²) >= 11 is 0. The molecule has 0 amide bonds. The number of nitrogens with zero attached hydrogens (tertiary/aromatic N) is 1. The Bertz CT molecular complexity index is 785. The Labute approximate surface area is 138 Å². The molecule has 0 saturated heterocycles. The van der Waals surface area contributed by atoms with E-state index < -0.39 is 22.4 Å². The standard InChI is InChI=1S/C17H15NO6/c1-11(19)13-8-14(17(20)23-2)16(9-15(13)18(21)22)24-10-12-6-4-3-5-7-12/h3-9H,10H2,1-2H3. The average Bonchev–Trinajstić information content (AvgIpc) is 2.59. The molecule has 0 saturated carbocycles. The maximum absolute atomic E-state index is 11.9. The van der Waals surface area contributed by atoms with Crippen LogP contribution in [0.25, 0.3) is 0 Å². The van der Waals surface area contributed by atoms with Gasteiger partial charge in [0.2, 0.25) is 0 Å². The van der Waals surface area contributed by atoms with Gasteiger partial charge in [0.15, 0.2) is 5.78 Å². The Morgan fingerprint density at radius 1 is 1.12 bits per heavy atom. The number of ketones is 1. The van der Waals surface area contributed by atoms with E-state index in [1.807, 2.05) is 30.3 Å². The summed E-state index contributed by atoms with van der Waals surface area (Å²) in [7, 11) is 1.18. The van der Waals surface area contributed by atoms with Gasteiger partial charge >= 0.3 is 5.97 Å². The molecule has 0 radical (unpaired) electrons. The smallest absolute Gasteiger partial charge is 0.341 e. The number of benzene rings is 2. The van der Waals surface area contributed by atoms with Gasteiger partial charge in [0.05, 0.1) is 23.7 Å². The quantitative estimate of drug-likeness (QED) is 0.349. The molecule has 0 N–H and O–H groups in total. The molecule has 0 aliphatic carbocycles. The van der Waals surface area contributed by atoms with Crippen LogP contribution in [0.15, 0.2) is 42.5 Å². The summed E-state index contributed by atoms with van der Waals surface area (Å²) in [6, 6.07) is 11.3. The highest BCUT2D eigenvalue weighted by Crippen LogP contribution is 2.30. The number of Topliss-reactive ketones (excluding diaryl/α,β-unsaturated/α-hetero) is 1. The van der Waals surface area contributed by atoms with E-state index in [0.29, 0.717) is 0 Å². The zero-order valence-corrected chi connectivity index (χ0v) is 13.1. The predicted molar refractivity (Wildman–Crippen MR) is 85.2 cm³/mol. The number of nitro benzene ring substituents is 1. The van der Waals surface area contributed by atoms with Gasteiger partial charge in [-0.2, -0.15) is 0 Å². The highest BCUT2D eigenvalue weighted by Gasteiger charge is 2.25. The lowest BCUT2D eigenvalue weighted by atomic mass is 10.0. The zero-order chi connectivity index (χ0) is 17.7. The topological polar surface area (TPSA) is 95.7 Å². The second kappa shape index (κ2) is 7.36. The molecule has 7 nitrogen and oxygen atoms in total. The summed E-state index contributed by atoms with van der Waals surface area (Å²) < 4.78 is 10.2. The summed E-state index contributed by atoms with van der Waals surface area (Å²) in [5.74, 6) is -1.28. The van der Waals surface area contributed by atoms with Gasteiger partial charge in [0, 0.05) is 0 Å². The van der Waals surface area contributed by atoms with E-state index in [2.05, 4.69) is 4.74 Å². The van der Waals surface area contributed by atoms with Gasteiger partial charge in [-0.3, -0.25) is 14.9 Å². The van der Waals surface area contributed by atoms with E-state index in [4.69, 9.17) is 4.74 Å². The first kappa shape index (κ1) is 17.1. The average molecular weight is 329 g/mol. The number of methoxy groups -OCH3 is 1. The van der Waals surface area contributed by atoms with Crippen molar-refractivity contribution in [1.82, 2.24) is 0 Å². The van der Waals surface area contributed by atoms with Gasteiger partial charge in [-0.15, -0.1) is 0 Å². The number of hydrogen-bond donors (Lipinski definition) is 0. The van der Waals surface area contributed by atoms with Gasteiger partial charge in [0.1, 0.15) is 17.9 Å². The Balaban J connectivity index is 2.46. The van der Waals surface area contributed by atoms with Gasteiger partial charge < -0.3 is 9.47 Å². The lowest BCUT2D eigenvalue weighted by molar-refractivity contribution is -0.385. The fraction of sp³-hybridized carbons (Fsp3) is 0.176. The second-order valence-electron chi connectivity index (χ2n) is 4.94. The van der Waals surface area contributed by atoms with Crippen LogP contribution in [0.3, 0.4) is 0 Å². The second-order valence-corrected chi connectivity index (χ2v) is 4.94. The van der Waals surface area contributed by atoms with Crippen molar-refractivity contribution in [2.24, 2.45) is 0 Å². The Kier molecular flexibility index (Phi) is 5.26. The van der Waals surface area contributed by atoms with Crippen LogP contribution in [0.2, 0.25) is 0 Å². The SMILES string of the molecule is COC(=O)c1cc(C(C)=O)c([N+](=O)[O-])cc1OCc1ccccc1. The molecule has 124 valence electrons. The molecule has 0 aliphatic rings. The maximum Gasteiger partial charge on any atom is 0.341 e. The molecule has 24 heavy (non-hydrogen) atoms. The molecule has 0 atom stereocenters. The number of esters is 1. The summed E-state index contributed by atoms with van der Waals surface area (Å²) in [6.45, 7) is 1.30. The summed E-state index contributed by atoms with van der Waals surface area (Å²) in [5, 5.41) is 11.2. The molecule has 0 bridgehead atoms. The van der Waals surface area contributed by atoms with E-state index in [1.165, 1.54) is 14.0 Å². The van der Waals surface area contributed by atoms with Gasteiger partial charge in [-0.25, -0.2) is 4.79 Å². The van der Waals surface area contributed by atoms with Crippen LogP contribution in [0.1, 0.15) is 33.2 Å². The summed E-state index contributed by atoms with van der Waals surface area (Å²) in [5.41, 5.74) is 0.196. The molecule has 0 unspecified atom stereocenters. The fourth-order valence-corrected chi connectivity index (χ4v) is 2.13. The summed E-state index contributed by atoms with van der Waals surface area (Å²) in [6.07, 6.45) is 0. The molecule has 2 aromatic rings. The Morgan fingerprint density at radius 3 is 2.33 bits per heavy atom. The van der Waals surface area contributed by atoms with Gasteiger partial charge in [-0.1, -0.05) is 30.3 Å². The lowest BCUT2D eigenvalue weighted by Gasteiger charge is -2.12. The van der Waals surface area contributed by atoms with Gasteiger partial charge in [0.25, 0.3) is 5.69 Å². The minimum atomic E-state index is -0.740. The van der Waals surface area contributed by atoms with Crippen molar-refractivity contribution >= 4 is 17.4 Å². The van der Waals surface area contributed by atoms with Crippen molar-refractivity contribution in [1.29, 1.82) is 0 Å². The van der Waals surface area contributed by atoms with Crippen LogP contribution in [0.5, 0.6) is 5.75 Å². The van der Waals surface area contributed by atoms with E-state index in [1.54, 1.807) is 0 Å². The molecule has 0 aromatic heterocycles. The van der Waals surface area contributed by atoms with Crippen LogP contribution in [0.4, 0.5) is 5.69 Å². The van der Waals surface area contributed by atoms with Gasteiger partial charge in [-0.05, 0) is 18.6 Å². The molecule has 2 rings (SSSR count). The third kappa shape index (κ3) is 3.75. The lowest BCUT2D eigenvalue weighted by Crippen LogP contribution is -2.10. The van der Waals surface area contributed by atoms with Crippen LogP contribution < -0.4 is 4.74 Å². The highest BCUT2D eigenvalue weighted by atomic mass is 16.6. The molecule has 0 spiro atoms. The Hall–Kier alpha value is -3.22. The predicted octanol–water partition coefficient (Wildman–Crippen LogP) is 3.16. The third-order valence-corrected chi connectivity index (χ3v) is 3.32.